The summed E-state index contributed by atoms with van der Waals surface area (Å²) < 4.78 is 5.38. The summed E-state index contributed by atoms with van der Waals surface area (Å²) >= 11 is 3.79. The van der Waals surface area contributed by atoms with Crippen molar-refractivity contribution in [1.29, 1.82) is 0 Å². The van der Waals surface area contributed by atoms with Crippen molar-refractivity contribution in [2.24, 2.45) is 5.73 Å². The van der Waals surface area contributed by atoms with Crippen molar-refractivity contribution in [3.8, 4) is 0 Å². The summed E-state index contributed by atoms with van der Waals surface area (Å²) in [4.78, 5) is 4.74. The van der Waals surface area contributed by atoms with Crippen LogP contribution in [0, 0.1) is 0 Å². The van der Waals surface area contributed by atoms with Crippen LogP contribution < -0.4 is 5.73 Å². The summed E-state index contributed by atoms with van der Waals surface area (Å²) in [5.41, 5.74) is 7.02. The molecule has 2 aliphatic rings. The van der Waals surface area contributed by atoms with E-state index in [0.29, 0.717) is 11.9 Å². The molecule has 1 aromatic heterocycles. The van der Waals surface area contributed by atoms with Crippen molar-refractivity contribution in [2.75, 3.05) is 19.0 Å². The molecular weight excluding hydrogens is 240 g/mol. The minimum atomic E-state index is -0.321. The molecule has 16 heavy (non-hydrogen) atoms. The number of hydrogen-bond acceptors (Lipinski definition) is 5. The van der Waals surface area contributed by atoms with Gasteiger partial charge in [-0.15, -0.1) is 11.3 Å². The third-order valence-electron chi connectivity index (χ3n) is 3.29. The number of nitrogens with zero attached hydrogens (tertiary/aromatic N) is 1. The van der Waals surface area contributed by atoms with Gasteiger partial charge in [0.05, 0.1) is 23.1 Å². The SMILES string of the molecule is NC1(c2csc(C3CCCS3)n2)CCOC1. The molecule has 0 saturated carbocycles. The van der Waals surface area contributed by atoms with Crippen molar-refractivity contribution in [3.63, 3.8) is 0 Å². The molecule has 2 unspecified atom stereocenters. The Kier molecular flexibility index (Phi) is 2.96. The van der Waals surface area contributed by atoms with Gasteiger partial charge in [0.2, 0.25) is 0 Å². The first-order valence-corrected chi connectivity index (χ1v) is 7.65. The molecule has 2 aliphatic heterocycles. The molecule has 0 spiro atoms. The van der Waals surface area contributed by atoms with E-state index in [1.807, 2.05) is 11.8 Å². The van der Waals surface area contributed by atoms with Gasteiger partial charge in [-0.05, 0) is 25.0 Å². The summed E-state index contributed by atoms with van der Waals surface area (Å²) in [7, 11) is 0. The van der Waals surface area contributed by atoms with E-state index >= 15 is 0 Å². The first-order chi connectivity index (χ1) is 7.78. The Labute approximate surface area is 104 Å². The van der Waals surface area contributed by atoms with Crippen molar-refractivity contribution in [2.45, 2.75) is 30.1 Å². The minimum absolute atomic E-state index is 0.321. The Hall–Kier alpha value is -0.100. The number of ether oxygens (including phenoxy) is 1. The molecule has 2 N–H and O–H groups in total. The fourth-order valence-corrected chi connectivity index (χ4v) is 4.68. The second kappa shape index (κ2) is 4.29. The predicted molar refractivity (Wildman–Crippen MR) is 67.8 cm³/mol. The highest BCUT2D eigenvalue weighted by atomic mass is 32.2. The van der Waals surface area contributed by atoms with Gasteiger partial charge in [-0.25, -0.2) is 4.98 Å². The molecule has 88 valence electrons. The topological polar surface area (TPSA) is 48.1 Å². The van der Waals surface area contributed by atoms with Crippen LogP contribution in [-0.2, 0) is 10.3 Å². The molecule has 0 radical (unpaired) electrons. The molecular formula is C11H16N2OS2. The van der Waals surface area contributed by atoms with E-state index < -0.39 is 0 Å². The minimum Gasteiger partial charge on any atom is -0.379 e. The monoisotopic (exact) mass is 256 g/mol. The van der Waals surface area contributed by atoms with E-state index in [1.54, 1.807) is 11.3 Å². The van der Waals surface area contributed by atoms with Gasteiger partial charge in [0, 0.05) is 12.0 Å². The Morgan fingerprint density at radius 1 is 1.56 bits per heavy atom. The van der Waals surface area contributed by atoms with E-state index in [0.717, 1.165) is 18.7 Å². The largest absolute Gasteiger partial charge is 0.379 e. The summed E-state index contributed by atoms with van der Waals surface area (Å²) in [5, 5.41) is 4.00. The van der Waals surface area contributed by atoms with Crippen molar-refractivity contribution < 1.29 is 4.74 Å². The molecule has 2 fully saturated rings. The van der Waals surface area contributed by atoms with Gasteiger partial charge in [0.1, 0.15) is 5.01 Å². The lowest BCUT2D eigenvalue weighted by molar-refractivity contribution is 0.177. The fourth-order valence-electron chi connectivity index (χ4n) is 2.22. The highest BCUT2D eigenvalue weighted by Crippen LogP contribution is 2.42. The number of aromatic nitrogens is 1. The van der Waals surface area contributed by atoms with Crippen LogP contribution in [0.25, 0.3) is 0 Å². The molecule has 2 atom stereocenters. The van der Waals surface area contributed by atoms with Crippen LogP contribution >= 0.6 is 23.1 Å². The first kappa shape index (κ1) is 11.0. The zero-order valence-electron chi connectivity index (χ0n) is 9.15. The quantitative estimate of drug-likeness (QED) is 0.882. The number of rotatable bonds is 2. The van der Waals surface area contributed by atoms with Gasteiger partial charge in [0.25, 0.3) is 0 Å². The second-order valence-electron chi connectivity index (χ2n) is 4.53. The van der Waals surface area contributed by atoms with Gasteiger partial charge in [-0.1, -0.05) is 0 Å². The molecule has 3 rings (SSSR count). The maximum Gasteiger partial charge on any atom is 0.106 e. The van der Waals surface area contributed by atoms with Crippen LogP contribution in [0.2, 0.25) is 0 Å². The van der Waals surface area contributed by atoms with Crippen LogP contribution in [0.5, 0.6) is 0 Å². The van der Waals surface area contributed by atoms with Crippen LogP contribution in [0.3, 0.4) is 0 Å². The number of thiazole rings is 1. The molecule has 0 bridgehead atoms. The Balaban J connectivity index is 1.81. The lowest BCUT2D eigenvalue weighted by Crippen LogP contribution is -2.37. The zero-order chi connectivity index (χ0) is 11.0. The second-order valence-corrected chi connectivity index (χ2v) is 6.73. The maximum atomic E-state index is 6.30. The Morgan fingerprint density at radius 3 is 3.19 bits per heavy atom. The fraction of sp³-hybridized carbons (Fsp3) is 0.727. The highest BCUT2D eigenvalue weighted by Gasteiger charge is 2.35. The van der Waals surface area contributed by atoms with Crippen LogP contribution in [-0.4, -0.2) is 24.0 Å². The average Bonchev–Trinajstić information content (AvgIpc) is 2.98. The number of hydrogen-bond donors (Lipinski definition) is 1. The van der Waals surface area contributed by atoms with E-state index in [4.69, 9.17) is 15.5 Å². The van der Waals surface area contributed by atoms with Crippen LogP contribution in [0.15, 0.2) is 5.38 Å². The lowest BCUT2D eigenvalue weighted by atomic mass is 9.97. The standard InChI is InChI=1S/C11H16N2OS2/c12-11(3-4-14-7-11)9-6-16-10(13-9)8-2-1-5-15-8/h6,8H,1-5,7,12H2. The van der Waals surface area contributed by atoms with Crippen molar-refractivity contribution in [3.05, 3.63) is 16.1 Å². The molecule has 0 aliphatic carbocycles. The van der Waals surface area contributed by atoms with Gasteiger partial charge >= 0.3 is 0 Å². The average molecular weight is 256 g/mol. The summed E-state index contributed by atoms with van der Waals surface area (Å²) in [5.74, 6) is 1.27. The van der Waals surface area contributed by atoms with Gasteiger partial charge in [-0.3, -0.25) is 0 Å². The summed E-state index contributed by atoms with van der Waals surface area (Å²) in [6.07, 6.45) is 3.49. The third kappa shape index (κ3) is 1.90. The van der Waals surface area contributed by atoms with Crippen molar-refractivity contribution >= 4 is 23.1 Å². The van der Waals surface area contributed by atoms with Gasteiger partial charge < -0.3 is 10.5 Å². The van der Waals surface area contributed by atoms with Crippen molar-refractivity contribution in [1.82, 2.24) is 4.98 Å². The Bertz CT molecular complexity index is 368. The molecule has 0 amide bonds. The molecule has 0 aromatic carbocycles. The molecule has 2 saturated heterocycles. The van der Waals surface area contributed by atoms with Crippen LogP contribution in [0.4, 0.5) is 0 Å². The van der Waals surface area contributed by atoms with Gasteiger partial charge in [-0.2, -0.15) is 11.8 Å². The lowest BCUT2D eigenvalue weighted by Gasteiger charge is -2.18. The normalized spacial score (nSPS) is 34.7. The smallest absolute Gasteiger partial charge is 0.106 e. The molecule has 1 aromatic rings. The number of nitrogens with two attached hydrogens (primary N) is 1. The van der Waals surface area contributed by atoms with Crippen LogP contribution in [0.1, 0.15) is 35.2 Å². The summed E-state index contributed by atoms with van der Waals surface area (Å²) in [6, 6.07) is 0. The molecule has 5 heteroatoms. The van der Waals surface area contributed by atoms with E-state index in [1.165, 1.54) is 23.6 Å². The highest BCUT2D eigenvalue weighted by molar-refractivity contribution is 7.99. The number of thioether (sulfide) groups is 1. The summed E-state index contributed by atoms with van der Waals surface area (Å²) in [6.45, 7) is 1.38. The van der Waals surface area contributed by atoms with E-state index in [-0.39, 0.29) is 5.54 Å². The predicted octanol–water partition coefficient (Wildman–Crippen LogP) is 2.29. The third-order valence-corrected chi connectivity index (χ3v) is 5.78. The first-order valence-electron chi connectivity index (χ1n) is 5.72. The Morgan fingerprint density at radius 2 is 2.50 bits per heavy atom. The maximum absolute atomic E-state index is 6.30. The van der Waals surface area contributed by atoms with E-state index in [2.05, 4.69) is 5.38 Å². The molecule has 3 heterocycles. The molecule has 3 nitrogen and oxygen atoms in total. The zero-order valence-corrected chi connectivity index (χ0v) is 10.8. The van der Waals surface area contributed by atoms with Gasteiger partial charge in [0.15, 0.2) is 0 Å². The van der Waals surface area contributed by atoms with E-state index in [9.17, 15) is 0 Å².